The number of hydrogen-bond acceptors (Lipinski definition) is 5. The molecule has 0 fully saturated rings. The van der Waals surface area contributed by atoms with Gasteiger partial charge in [0.1, 0.15) is 7.21 Å². The second-order valence-electron chi connectivity index (χ2n) is 10.1. The third-order valence-electron chi connectivity index (χ3n) is 7.43. The molecule has 6 rings (SSSR count). The summed E-state index contributed by atoms with van der Waals surface area (Å²) in [6, 6.07) is 35.4. The van der Waals surface area contributed by atoms with Crippen molar-refractivity contribution in [1.29, 1.82) is 0 Å². The van der Waals surface area contributed by atoms with Crippen molar-refractivity contribution in [3.8, 4) is 0 Å². The molecule has 4 aromatic rings. The molecule has 39 heavy (non-hydrogen) atoms. The second-order valence-corrected chi connectivity index (χ2v) is 12.9. The van der Waals surface area contributed by atoms with Crippen LogP contribution < -0.4 is 15.0 Å². The van der Waals surface area contributed by atoms with E-state index < -0.39 is 7.21 Å². The van der Waals surface area contributed by atoms with Gasteiger partial charge in [-0.2, -0.15) is 5.10 Å². The molecule has 0 saturated heterocycles. The lowest BCUT2D eigenvalue weighted by Crippen LogP contribution is -2.27. The monoisotopic (exact) mass is 533 g/mol. The fraction of sp³-hybridized carbons (Fsp3) is 0.129. The number of rotatable bonds is 4. The Hall–Kier alpha value is -4.48. The summed E-state index contributed by atoms with van der Waals surface area (Å²) in [6.45, 7) is 4.50. The van der Waals surface area contributed by atoms with Gasteiger partial charge in [-0.05, 0) is 35.9 Å². The van der Waals surface area contributed by atoms with Crippen LogP contribution in [0.1, 0.15) is 19.4 Å². The van der Waals surface area contributed by atoms with Gasteiger partial charge in [-0.1, -0.05) is 80.6 Å². The Morgan fingerprint density at radius 3 is 2.10 bits per heavy atom. The number of anilines is 2. The number of nitro benzene ring substituents is 1. The van der Waals surface area contributed by atoms with Gasteiger partial charge in [0.25, 0.3) is 5.69 Å². The van der Waals surface area contributed by atoms with Crippen LogP contribution in [0.5, 0.6) is 0 Å². The number of hydrazone groups is 1. The molecule has 0 saturated carbocycles. The minimum Gasteiger partial charge on any atom is -0.346 e. The Labute approximate surface area is 228 Å². The van der Waals surface area contributed by atoms with Crippen LogP contribution in [-0.2, 0) is 5.41 Å². The lowest BCUT2D eigenvalue weighted by Gasteiger charge is -2.35. The normalized spacial score (nSPS) is 21.2. The van der Waals surface area contributed by atoms with E-state index in [0.29, 0.717) is 5.69 Å². The molecule has 0 amide bonds. The third kappa shape index (κ3) is 3.89. The summed E-state index contributed by atoms with van der Waals surface area (Å²) in [7, 11) is -0.681. The topological polar surface area (TPSA) is 74.3 Å². The van der Waals surface area contributed by atoms with E-state index in [9.17, 15) is 10.1 Å². The fourth-order valence-corrected chi connectivity index (χ4v) is 9.34. The predicted molar refractivity (Wildman–Crippen MR) is 160 cm³/mol. The molecule has 8 heteroatoms. The number of allylic oxidation sites excluding steroid dienone is 2. The second kappa shape index (κ2) is 9.37. The lowest BCUT2D eigenvalue weighted by molar-refractivity contribution is -0.384. The van der Waals surface area contributed by atoms with E-state index in [4.69, 9.17) is 9.85 Å². The molecule has 2 heterocycles. The zero-order valence-corrected chi connectivity index (χ0v) is 22.9. The van der Waals surface area contributed by atoms with Gasteiger partial charge < -0.3 is 4.90 Å². The summed E-state index contributed by atoms with van der Waals surface area (Å²) >= 11 is 0. The maximum Gasteiger partial charge on any atom is 0.269 e. The highest BCUT2D eigenvalue weighted by Crippen LogP contribution is 2.67. The van der Waals surface area contributed by atoms with Crippen molar-refractivity contribution in [2.24, 2.45) is 9.85 Å². The van der Waals surface area contributed by atoms with Crippen LogP contribution in [0.3, 0.4) is 0 Å². The number of non-ortho nitro benzene ring substituents is 1. The molecule has 2 aliphatic rings. The molecular formula is C31H28N5O2P. The van der Waals surface area contributed by atoms with Crippen molar-refractivity contribution in [3.63, 3.8) is 0 Å². The number of nitrogens with zero attached hydrogens (tertiary/aromatic N) is 5. The van der Waals surface area contributed by atoms with E-state index in [-0.39, 0.29) is 16.0 Å². The molecule has 0 aliphatic carbocycles. The smallest absolute Gasteiger partial charge is 0.269 e. The quantitative estimate of drug-likeness (QED) is 0.152. The highest BCUT2D eigenvalue weighted by molar-refractivity contribution is 7.80. The Bertz CT molecular complexity index is 1680. The summed E-state index contributed by atoms with van der Waals surface area (Å²) in [5.41, 5.74) is 4.90. The Kier molecular flexibility index (Phi) is 5.96. The number of fused-ring (bicyclic) bond motifs is 1. The maximum atomic E-state index is 11.4. The molecule has 1 atom stereocenters. The molecule has 7 nitrogen and oxygen atoms in total. The van der Waals surface area contributed by atoms with Gasteiger partial charge in [0.15, 0.2) is 0 Å². The molecule has 194 valence electrons. The fourth-order valence-electron chi connectivity index (χ4n) is 5.67. The summed E-state index contributed by atoms with van der Waals surface area (Å²) in [6.07, 6.45) is 1.97. The van der Waals surface area contributed by atoms with E-state index in [1.54, 1.807) is 12.1 Å². The van der Waals surface area contributed by atoms with Crippen LogP contribution in [0.15, 0.2) is 130 Å². The zero-order valence-electron chi connectivity index (χ0n) is 22.0. The first-order valence-electron chi connectivity index (χ1n) is 12.7. The van der Waals surface area contributed by atoms with Crippen molar-refractivity contribution in [1.82, 2.24) is 0 Å². The molecule has 0 aromatic heterocycles. The molecule has 0 spiro atoms. The van der Waals surface area contributed by atoms with Crippen LogP contribution >= 0.6 is 7.21 Å². The van der Waals surface area contributed by atoms with Gasteiger partial charge in [0, 0.05) is 41.3 Å². The predicted octanol–water partition coefficient (Wildman–Crippen LogP) is 7.81. The van der Waals surface area contributed by atoms with E-state index in [2.05, 4.69) is 67.0 Å². The molecule has 0 bridgehead atoms. The number of hydrogen-bond donors (Lipinski definition) is 0. The van der Waals surface area contributed by atoms with Crippen LogP contribution in [0, 0.1) is 10.1 Å². The van der Waals surface area contributed by atoms with Crippen molar-refractivity contribution < 1.29 is 4.92 Å². The third-order valence-corrected chi connectivity index (χ3v) is 10.9. The van der Waals surface area contributed by atoms with Crippen molar-refractivity contribution in [2.45, 2.75) is 19.3 Å². The lowest BCUT2D eigenvalue weighted by atomic mass is 9.84. The average Bonchev–Trinajstić information content (AvgIpc) is 3.42. The number of nitro groups is 1. The summed E-state index contributed by atoms with van der Waals surface area (Å²) in [5.74, 6) is 0. The van der Waals surface area contributed by atoms with E-state index in [1.807, 2.05) is 54.7 Å². The standard InChI is InChI=1S/C31H28N5O2P/c1-31(2)27-16-10-11-17-28(27)34(3)30(31)29-22-32-35(24-12-6-4-7-13-24)39(29,26-14-8-5-9-15-26)33-23-18-20-25(21-19-23)36(37)38/h4-22H,1-3H3/b30-29+. The first-order valence-corrected chi connectivity index (χ1v) is 14.4. The molecular weight excluding hydrogens is 505 g/mol. The molecule has 1 unspecified atom stereocenters. The van der Waals surface area contributed by atoms with Gasteiger partial charge in [-0.25, -0.2) is 9.52 Å². The van der Waals surface area contributed by atoms with E-state index in [1.165, 1.54) is 17.7 Å². The van der Waals surface area contributed by atoms with Crippen LogP contribution in [0.25, 0.3) is 0 Å². The Balaban J connectivity index is 1.72. The highest BCUT2D eigenvalue weighted by atomic mass is 31.2. The largest absolute Gasteiger partial charge is 0.346 e. The Morgan fingerprint density at radius 2 is 1.46 bits per heavy atom. The minimum atomic E-state index is -2.79. The average molecular weight is 534 g/mol. The molecule has 2 aliphatic heterocycles. The molecule has 4 aromatic carbocycles. The number of para-hydroxylation sites is 2. The highest BCUT2D eigenvalue weighted by Gasteiger charge is 2.47. The van der Waals surface area contributed by atoms with Crippen molar-refractivity contribution in [2.75, 3.05) is 16.7 Å². The van der Waals surface area contributed by atoms with Gasteiger partial charge in [0.2, 0.25) is 0 Å². The first kappa shape index (κ1) is 24.8. The molecule has 0 radical (unpaired) electrons. The van der Waals surface area contributed by atoms with Gasteiger partial charge in [-0.3, -0.25) is 10.1 Å². The number of benzene rings is 4. The van der Waals surface area contributed by atoms with Gasteiger partial charge in [0.05, 0.1) is 27.8 Å². The molecule has 0 N–H and O–H groups in total. The van der Waals surface area contributed by atoms with E-state index >= 15 is 0 Å². The number of likely N-dealkylation sites (N-methyl/N-ethyl adjacent to an activating group) is 1. The zero-order chi connectivity index (χ0) is 27.2. The SMILES string of the molecule is CN1/C(=C2\C=NN(c3ccccc3)P2(=Nc2ccc([N+](=O)[O-])cc2)c2ccccc2)C(C)(C)c2ccccc21. The van der Waals surface area contributed by atoms with Crippen LogP contribution in [0.4, 0.5) is 22.7 Å². The van der Waals surface area contributed by atoms with Crippen molar-refractivity contribution >= 4 is 41.5 Å². The first-order chi connectivity index (χ1) is 18.8. The summed E-state index contributed by atoms with van der Waals surface area (Å²) < 4.78 is 7.58. The maximum absolute atomic E-state index is 11.4. The van der Waals surface area contributed by atoms with Crippen LogP contribution in [-0.4, -0.2) is 18.2 Å². The summed E-state index contributed by atoms with van der Waals surface area (Å²) in [4.78, 5) is 13.2. The van der Waals surface area contributed by atoms with Crippen LogP contribution in [0.2, 0.25) is 0 Å². The van der Waals surface area contributed by atoms with E-state index in [0.717, 1.165) is 27.7 Å². The summed E-state index contributed by atoms with van der Waals surface area (Å²) in [5, 5.41) is 18.5. The van der Waals surface area contributed by atoms with Gasteiger partial charge >= 0.3 is 0 Å². The van der Waals surface area contributed by atoms with Gasteiger partial charge in [-0.15, -0.1) is 0 Å². The minimum absolute atomic E-state index is 0.0364. The van der Waals surface area contributed by atoms with Crippen molar-refractivity contribution in [3.05, 3.63) is 136 Å². The Morgan fingerprint density at radius 1 is 0.846 bits per heavy atom.